The minimum Gasteiger partial charge on any atom is -0.255 e. The Bertz CT molecular complexity index is 926. The highest BCUT2D eigenvalue weighted by Crippen LogP contribution is 2.19. The van der Waals surface area contributed by atoms with Crippen LogP contribution in [-0.2, 0) is 25.7 Å². The summed E-state index contributed by atoms with van der Waals surface area (Å²) in [6.45, 7) is 0. The van der Waals surface area contributed by atoms with E-state index in [9.17, 15) is 0 Å². The van der Waals surface area contributed by atoms with E-state index in [4.69, 9.17) is 0 Å². The molecule has 0 bridgehead atoms. The highest BCUT2D eigenvalue weighted by Gasteiger charge is 2.05. The van der Waals surface area contributed by atoms with Crippen LogP contribution in [0.1, 0.15) is 22.3 Å². The van der Waals surface area contributed by atoms with Crippen LogP contribution < -0.4 is 0 Å². The Hall–Kier alpha value is -3.26. The molecular formula is C26H22N2. The van der Waals surface area contributed by atoms with Crippen LogP contribution in [-0.4, -0.2) is 9.97 Å². The molecule has 136 valence electrons. The molecule has 0 fully saturated rings. The lowest BCUT2D eigenvalue weighted by Gasteiger charge is -2.07. The van der Waals surface area contributed by atoms with Gasteiger partial charge in [-0.25, -0.2) is 0 Å². The molecule has 4 aromatic rings. The molecular weight excluding hydrogens is 340 g/mol. The number of aryl methyl sites for hydroxylation is 4. The molecule has 0 amide bonds. The zero-order valence-electron chi connectivity index (χ0n) is 15.8. The summed E-state index contributed by atoms with van der Waals surface area (Å²) in [7, 11) is 0. The number of hydrogen-bond donors (Lipinski definition) is 0. The first-order valence-electron chi connectivity index (χ1n) is 9.68. The van der Waals surface area contributed by atoms with Gasteiger partial charge >= 0.3 is 0 Å². The van der Waals surface area contributed by atoms with Gasteiger partial charge in [0.1, 0.15) is 0 Å². The second-order valence-corrected chi connectivity index (χ2v) is 6.90. The fraction of sp³-hybridized carbons (Fsp3) is 0.154. The number of rotatable bonds is 7. The maximum absolute atomic E-state index is 4.55. The summed E-state index contributed by atoms with van der Waals surface area (Å²) in [5, 5.41) is 0. The third kappa shape index (κ3) is 4.92. The van der Waals surface area contributed by atoms with Crippen LogP contribution in [0.25, 0.3) is 11.4 Å². The van der Waals surface area contributed by atoms with E-state index < -0.39 is 0 Å². The second kappa shape index (κ2) is 9.09. The largest absolute Gasteiger partial charge is 0.255 e. The van der Waals surface area contributed by atoms with Gasteiger partial charge in [-0.15, -0.1) is 0 Å². The lowest BCUT2D eigenvalue weighted by atomic mass is 10.0. The second-order valence-electron chi connectivity index (χ2n) is 6.90. The van der Waals surface area contributed by atoms with E-state index in [0.29, 0.717) is 0 Å². The fourth-order valence-electron chi connectivity index (χ4n) is 3.29. The van der Waals surface area contributed by atoms with Gasteiger partial charge in [0.15, 0.2) is 0 Å². The summed E-state index contributed by atoms with van der Waals surface area (Å²) in [6, 6.07) is 31.2. The molecule has 2 radical (unpaired) electrons. The van der Waals surface area contributed by atoms with Crippen molar-refractivity contribution in [2.45, 2.75) is 25.7 Å². The summed E-state index contributed by atoms with van der Waals surface area (Å²) in [6.07, 6.45) is 7.70. The van der Waals surface area contributed by atoms with Crippen molar-refractivity contribution in [2.24, 2.45) is 0 Å². The molecule has 0 aliphatic rings. The third-order valence-corrected chi connectivity index (χ3v) is 4.85. The first-order valence-corrected chi connectivity index (χ1v) is 9.68. The lowest BCUT2D eigenvalue weighted by molar-refractivity contribution is 0.949. The number of nitrogens with zero attached hydrogens (tertiary/aromatic N) is 2. The number of benzene rings is 2. The highest BCUT2D eigenvalue weighted by molar-refractivity contribution is 5.55. The van der Waals surface area contributed by atoms with Crippen molar-refractivity contribution in [1.82, 2.24) is 9.97 Å². The Morgan fingerprint density at radius 1 is 0.607 bits per heavy atom. The first kappa shape index (κ1) is 18.1. The van der Waals surface area contributed by atoms with Crippen molar-refractivity contribution < 1.29 is 0 Å². The van der Waals surface area contributed by atoms with Crippen molar-refractivity contribution in [1.29, 1.82) is 0 Å². The van der Waals surface area contributed by atoms with Crippen LogP contribution >= 0.6 is 0 Å². The Kier molecular flexibility index (Phi) is 5.89. The van der Waals surface area contributed by atoms with Gasteiger partial charge in [-0.2, -0.15) is 0 Å². The molecule has 4 rings (SSSR count). The van der Waals surface area contributed by atoms with Crippen LogP contribution in [0.2, 0.25) is 0 Å². The molecule has 0 unspecified atom stereocenters. The highest BCUT2D eigenvalue weighted by atomic mass is 14.8. The summed E-state index contributed by atoms with van der Waals surface area (Å²) in [5.41, 5.74) is 6.96. The van der Waals surface area contributed by atoms with Gasteiger partial charge in [0.05, 0.1) is 11.4 Å². The van der Waals surface area contributed by atoms with E-state index in [-0.39, 0.29) is 0 Å². The van der Waals surface area contributed by atoms with Gasteiger partial charge in [0, 0.05) is 12.4 Å². The topological polar surface area (TPSA) is 25.8 Å². The van der Waals surface area contributed by atoms with Gasteiger partial charge < -0.3 is 0 Å². The molecule has 0 aliphatic heterocycles. The van der Waals surface area contributed by atoms with Crippen LogP contribution in [0, 0.1) is 12.1 Å². The Morgan fingerprint density at radius 2 is 1.25 bits per heavy atom. The van der Waals surface area contributed by atoms with Gasteiger partial charge in [0.2, 0.25) is 0 Å². The molecule has 28 heavy (non-hydrogen) atoms. The predicted molar refractivity (Wildman–Crippen MR) is 113 cm³/mol. The number of aromatic nitrogens is 2. The molecule has 2 nitrogen and oxygen atoms in total. The van der Waals surface area contributed by atoms with Crippen molar-refractivity contribution in [3.05, 3.63) is 120 Å². The summed E-state index contributed by atoms with van der Waals surface area (Å²) in [4.78, 5) is 9.10. The van der Waals surface area contributed by atoms with E-state index in [2.05, 4.69) is 82.8 Å². The first-order chi connectivity index (χ1) is 13.9. The van der Waals surface area contributed by atoms with Crippen LogP contribution in [0.3, 0.4) is 0 Å². The number of pyridine rings is 2. The van der Waals surface area contributed by atoms with E-state index in [1.165, 1.54) is 22.3 Å². The van der Waals surface area contributed by atoms with E-state index in [1.807, 2.05) is 24.5 Å². The average molecular weight is 362 g/mol. The maximum Gasteiger partial charge on any atom is 0.0888 e. The molecule has 2 heteroatoms. The van der Waals surface area contributed by atoms with Gasteiger partial charge in [-0.1, -0.05) is 48.5 Å². The van der Waals surface area contributed by atoms with E-state index >= 15 is 0 Å². The van der Waals surface area contributed by atoms with Crippen molar-refractivity contribution >= 4 is 0 Å². The number of hydrogen-bond acceptors (Lipinski definition) is 2. The lowest BCUT2D eigenvalue weighted by Crippen LogP contribution is -1.96. The summed E-state index contributed by atoms with van der Waals surface area (Å²) < 4.78 is 0. The molecule has 0 atom stereocenters. The monoisotopic (exact) mass is 362 g/mol. The Labute approximate surface area is 167 Å². The molecule has 0 aliphatic carbocycles. The fourth-order valence-corrected chi connectivity index (χ4v) is 3.29. The van der Waals surface area contributed by atoms with Crippen molar-refractivity contribution in [3.8, 4) is 11.4 Å². The molecule has 0 saturated heterocycles. The summed E-state index contributed by atoms with van der Waals surface area (Å²) >= 11 is 0. The quantitative estimate of drug-likeness (QED) is 0.445. The smallest absolute Gasteiger partial charge is 0.0888 e. The molecule has 0 N–H and O–H groups in total. The zero-order valence-corrected chi connectivity index (χ0v) is 15.8. The molecule has 2 aromatic carbocycles. The minimum absolute atomic E-state index is 0.933. The van der Waals surface area contributed by atoms with Gasteiger partial charge in [-0.3, -0.25) is 9.97 Å². The SMILES string of the molecule is [c]1[c]c(CCc2ccnc(-c3cc(CCc4ccccc4)ccn3)c2)ccc1. The van der Waals surface area contributed by atoms with Gasteiger partial charge in [-0.05, 0) is 84.3 Å². The van der Waals surface area contributed by atoms with Gasteiger partial charge in [0.25, 0.3) is 0 Å². The Balaban J connectivity index is 1.45. The van der Waals surface area contributed by atoms with Crippen LogP contribution in [0.15, 0.2) is 85.2 Å². The predicted octanol–water partition coefficient (Wildman–Crippen LogP) is 5.31. The van der Waals surface area contributed by atoms with E-state index in [1.54, 1.807) is 0 Å². The van der Waals surface area contributed by atoms with Crippen molar-refractivity contribution in [2.75, 3.05) is 0 Å². The standard InChI is InChI=1S/C26H22N2/c1-3-7-21(8-4-1)11-13-23-15-17-27-25(19-23)26-20-24(16-18-28-26)14-12-22-9-5-2-6-10-22/h1-5,7-9,15-20H,11-14H2. The minimum atomic E-state index is 0.933. The average Bonchev–Trinajstić information content (AvgIpc) is 2.78. The molecule has 2 heterocycles. The summed E-state index contributed by atoms with van der Waals surface area (Å²) in [5.74, 6) is 0. The molecule has 2 aromatic heterocycles. The molecule has 0 spiro atoms. The Morgan fingerprint density at radius 3 is 1.89 bits per heavy atom. The third-order valence-electron chi connectivity index (χ3n) is 4.85. The van der Waals surface area contributed by atoms with Crippen molar-refractivity contribution in [3.63, 3.8) is 0 Å². The van der Waals surface area contributed by atoms with Crippen LogP contribution in [0.4, 0.5) is 0 Å². The van der Waals surface area contributed by atoms with E-state index in [0.717, 1.165) is 37.1 Å². The maximum atomic E-state index is 4.55. The molecule has 0 saturated carbocycles. The normalized spacial score (nSPS) is 10.7. The van der Waals surface area contributed by atoms with Crippen LogP contribution in [0.5, 0.6) is 0 Å². The zero-order chi connectivity index (χ0) is 19.0.